The van der Waals surface area contributed by atoms with E-state index in [1.807, 2.05) is 12.1 Å². The highest BCUT2D eigenvalue weighted by atomic mass is 16.1. The summed E-state index contributed by atoms with van der Waals surface area (Å²) in [6.07, 6.45) is 5.77. The number of benzene rings is 1. The average molecular weight is 265 g/mol. The van der Waals surface area contributed by atoms with Gasteiger partial charge in [0.2, 0.25) is 0 Å². The van der Waals surface area contributed by atoms with Gasteiger partial charge >= 0.3 is 0 Å². The maximum atomic E-state index is 11.1. The van der Waals surface area contributed by atoms with E-state index >= 15 is 0 Å². The summed E-state index contributed by atoms with van der Waals surface area (Å²) < 4.78 is 0. The number of aldehydes is 1. The fourth-order valence-corrected chi connectivity index (χ4v) is 2.48. The van der Waals surface area contributed by atoms with Crippen LogP contribution in [0.15, 0.2) is 36.8 Å². The SMILES string of the molecule is Cc1ccccc1CCc1ncnc2[nH]cc(C=O)c12. The third kappa shape index (κ3) is 2.20. The van der Waals surface area contributed by atoms with Crippen LogP contribution in [0.5, 0.6) is 0 Å². The maximum absolute atomic E-state index is 11.1. The monoisotopic (exact) mass is 265 g/mol. The van der Waals surface area contributed by atoms with E-state index in [9.17, 15) is 4.79 Å². The first-order valence-corrected chi connectivity index (χ1v) is 6.60. The van der Waals surface area contributed by atoms with Gasteiger partial charge < -0.3 is 4.98 Å². The lowest BCUT2D eigenvalue weighted by atomic mass is 10.0. The van der Waals surface area contributed by atoms with E-state index in [2.05, 4.69) is 34.0 Å². The second-order valence-corrected chi connectivity index (χ2v) is 4.83. The second kappa shape index (κ2) is 5.25. The molecule has 0 fully saturated rings. The lowest BCUT2D eigenvalue weighted by molar-refractivity contribution is 0.112. The van der Waals surface area contributed by atoms with Crippen LogP contribution < -0.4 is 0 Å². The van der Waals surface area contributed by atoms with Crippen LogP contribution >= 0.6 is 0 Å². The molecule has 1 N–H and O–H groups in total. The van der Waals surface area contributed by atoms with Gasteiger partial charge in [-0.3, -0.25) is 4.79 Å². The smallest absolute Gasteiger partial charge is 0.152 e. The zero-order chi connectivity index (χ0) is 13.9. The quantitative estimate of drug-likeness (QED) is 0.738. The molecule has 2 heterocycles. The van der Waals surface area contributed by atoms with E-state index in [4.69, 9.17) is 0 Å². The summed E-state index contributed by atoms with van der Waals surface area (Å²) in [6.45, 7) is 2.11. The Kier molecular flexibility index (Phi) is 3.29. The fraction of sp³-hybridized carbons (Fsp3) is 0.188. The number of carbonyl (C=O) groups is 1. The molecule has 0 aliphatic heterocycles. The number of aromatic nitrogens is 3. The van der Waals surface area contributed by atoms with Gasteiger partial charge in [-0.25, -0.2) is 9.97 Å². The van der Waals surface area contributed by atoms with E-state index in [-0.39, 0.29) is 0 Å². The summed E-state index contributed by atoms with van der Waals surface area (Å²) in [5.41, 5.74) is 4.86. The van der Waals surface area contributed by atoms with E-state index < -0.39 is 0 Å². The molecule has 3 rings (SSSR count). The molecule has 2 aromatic heterocycles. The lowest BCUT2D eigenvalue weighted by Gasteiger charge is -2.06. The molecule has 0 aliphatic rings. The molecule has 0 saturated carbocycles. The molecule has 4 nitrogen and oxygen atoms in total. The Labute approximate surface area is 116 Å². The van der Waals surface area contributed by atoms with Gasteiger partial charge in [-0.2, -0.15) is 0 Å². The molecule has 0 aliphatic carbocycles. The van der Waals surface area contributed by atoms with Gasteiger partial charge in [0, 0.05) is 11.8 Å². The Morgan fingerprint density at radius 3 is 2.85 bits per heavy atom. The number of aryl methyl sites for hydroxylation is 3. The van der Waals surface area contributed by atoms with Crippen LogP contribution in [0.25, 0.3) is 11.0 Å². The van der Waals surface area contributed by atoms with Crippen LogP contribution in [0, 0.1) is 6.92 Å². The van der Waals surface area contributed by atoms with Crippen molar-refractivity contribution in [3.05, 3.63) is 59.2 Å². The summed E-state index contributed by atoms with van der Waals surface area (Å²) in [7, 11) is 0. The van der Waals surface area contributed by atoms with E-state index in [1.54, 1.807) is 12.5 Å². The number of carbonyl (C=O) groups excluding carboxylic acids is 1. The average Bonchev–Trinajstić information content (AvgIpc) is 2.90. The largest absolute Gasteiger partial charge is 0.345 e. The van der Waals surface area contributed by atoms with Crippen molar-refractivity contribution < 1.29 is 4.79 Å². The number of hydrogen-bond acceptors (Lipinski definition) is 3. The van der Waals surface area contributed by atoms with Crippen LogP contribution in [0.4, 0.5) is 0 Å². The summed E-state index contributed by atoms with van der Waals surface area (Å²) in [6, 6.07) is 8.33. The van der Waals surface area contributed by atoms with Crippen molar-refractivity contribution in [2.75, 3.05) is 0 Å². The highest BCUT2D eigenvalue weighted by Crippen LogP contribution is 2.20. The molecule has 20 heavy (non-hydrogen) atoms. The van der Waals surface area contributed by atoms with Crippen molar-refractivity contribution >= 4 is 17.3 Å². The van der Waals surface area contributed by atoms with Gasteiger partial charge in [0.05, 0.1) is 11.1 Å². The van der Waals surface area contributed by atoms with Gasteiger partial charge in [-0.1, -0.05) is 24.3 Å². The second-order valence-electron chi connectivity index (χ2n) is 4.83. The topological polar surface area (TPSA) is 58.6 Å². The Hall–Kier alpha value is -2.49. The number of nitrogens with zero attached hydrogens (tertiary/aromatic N) is 2. The molecule has 0 bridgehead atoms. The third-order valence-corrected chi connectivity index (χ3v) is 3.60. The Morgan fingerprint density at radius 1 is 1.20 bits per heavy atom. The molecule has 100 valence electrons. The minimum absolute atomic E-state index is 0.625. The highest BCUT2D eigenvalue weighted by molar-refractivity contribution is 5.96. The van der Waals surface area contributed by atoms with E-state index in [0.717, 1.165) is 35.9 Å². The molecular formula is C16H15N3O. The Bertz CT molecular complexity index is 761. The Morgan fingerprint density at radius 2 is 2.05 bits per heavy atom. The zero-order valence-electron chi connectivity index (χ0n) is 11.3. The minimum atomic E-state index is 0.625. The lowest BCUT2D eigenvalue weighted by Crippen LogP contribution is -1.98. The van der Waals surface area contributed by atoms with Gasteiger partial charge in [-0.15, -0.1) is 0 Å². The number of aromatic amines is 1. The first kappa shape index (κ1) is 12.5. The highest BCUT2D eigenvalue weighted by Gasteiger charge is 2.10. The molecule has 0 radical (unpaired) electrons. The molecule has 4 heteroatoms. The predicted octanol–water partition coefficient (Wildman–Crippen LogP) is 2.86. The van der Waals surface area contributed by atoms with Crippen LogP contribution in [0.1, 0.15) is 27.2 Å². The van der Waals surface area contributed by atoms with Crippen LogP contribution in [-0.2, 0) is 12.8 Å². The van der Waals surface area contributed by atoms with E-state index in [1.165, 1.54) is 11.1 Å². The van der Waals surface area contributed by atoms with Crippen LogP contribution in [0.3, 0.4) is 0 Å². The third-order valence-electron chi connectivity index (χ3n) is 3.60. The molecule has 0 atom stereocenters. The summed E-state index contributed by atoms with van der Waals surface area (Å²) >= 11 is 0. The summed E-state index contributed by atoms with van der Waals surface area (Å²) in [5.74, 6) is 0. The van der Waals surface area contributed by atoms with Gasteiger partial charge in [-0.05, 0) is 30.9 Å². The number of rotatable bonds is 4. The van der Waals surface area contributed by atoms with Crippen molar-refractivity contribution in [3.8, 4) is 0 Å². The molecule has 3 aromatic rings. The van der Waals surface area contributed by atoms with E-state index in [0.29, 0.717) is 5.56 Å². The van der Waals surface area contributed by atoms with Crippen LogP contribution in [-0.4, -0.2) is 21.2 Å². The predicted molar refractivity (Wildman–Crippen MR) is 77.9 cm³/mol. The normalized spacial score (nSPS) is 10.8. The number of hydrogen-bond donors (Lipinski definition) is 1. The number of fused-ring (bicyclic) bond motifs is 1. The van der Waals surface area contributed by atoms with Gasteiger partial charge in [0.25, 0.3) is 0 Å². The maximum Gasteiger partial charge on any atom is 0.152 e. The van der Waals surface area contributed by atoms with Crippen molar-refractivity contribution in [3.63, 3.8) is 0 Å². The molecule has 0 saturated heterocycles. The number of H-pyrrole nitrogens is 1. The van der Waals surface area contributed by atoms with Gasteiger partial charge in [0.15, 0.2) is 6.29 Å². The molecule has 0 unspecified atom stereocenters. The minimum Gasteiger partial charge on any atom is -0.345 e. The molecular weight excluding hydrogens is 250 g/mol. The van der Waals surface area contributed by atoms with Crippen molar-refractivity contribution in [1.29, 1.82) is 0 Å². The summed E-state index contributed by atoms with van der Waals surface area (Å²) in [5, 5.41) is 0.844. The first-order valence-electron chi connectivity index (χ1n) is 6.60. The number of nitrogens with one attached hydrogen (secondary N) is 1. The summed E-state index contributed by atoms with van der Waals surface area (Å²) in [4.78, 5) is 22.6. The van der Waals surface area contributed by atoms with Crippen LogP contribution in [0.2, 0.25) is 0 Å². The van der Waals surface area contributed by atoms with Crippen molar-refractivity contribution in [2.45, 2.75) is 19.8 Å². The molecule has 0 amide bonds. The zero-order valence-corrected chi connectivity index (χ0v) is 11.3. The van der Waals surface area contributed by atoms with Crippen molar-refractivity contribution in [2.24, 2.45) is 0 Å². The first-order chi connectivity index (χ1) is 9.79. The fourth-order valence-electron chi connectivity index (χ4n) is 2.48. The molecule has 0 spiro atoms. The van der Waals surface area contributed by atoms with Gasteiger partial charge in [0.1, 0.15) is 12.0 Å². The Balaban J connectivity index is 1.93. The standard InChI is InChI=1S/C16H15N3O/c1-11-4-2-3-5-12(11)6-7-14-15-13(9-20)8-17-16(15)19-10-18-14/h2-5,8-10H,6-7H2,1H3,(H,17,18,19). The van der Waals surface area contributed by atoms with Crippen molar-refractivity contribution in [1.82, 2.24) is 15.0 Å². The molecule has 1 aromatic carbocycles.